The first-order valence-electron chi connectivity index (χ1n) is 5.06. The van der Waals surface area contributed by atoms with Gasteiger partial charge in [-0.1, -0.05) is 27.2 Å². The van der Waals surface area contributed by atoms with E-state index in [0.29, 0.717) is 0 Å². The van der Waals surface area contributed by atoms with E-state index >= 15 is 0 Å². The van der Waals surface area contributed by atoms with Crippen molar-refractivity contribution in [2.45, 2.75) is 52.9 Å². The van der Waals surface area contributed by atoms with Gasteiger partial charge in [0.25, 0.3) is 0 Å². The van der Waals surface area contributed by atoms with Crippen LogP contribution < -0.4 is 0 Å². The van der Waals surface area contributed by atoms with E-state index in [1.807, 2.05) is 0 Å². The van der Waals surface area contributed by atoms with Crippen molar-refractivity contribution in [2.24, 2.45) is 16.7 Å². The van der Waals surface area contributed by atoms with Gasteiger partial charge < -0.3 is 0 Å². The molecule has 0 atom stereocenters. The van der Waals surface area contributed by atoms with E-state index in [-0.39, 0.29) is 0 Å². The molecule has 0 radical (unpaired) electrons. The van der Waals surface area contributed by atoms with Gasteiger partial charge in [-0.25, -0.2) is 0 Å². The average Bonchev–Trinajstić information content (AvgIpc) is 1.85. The second kappa shape index (κ2) is 2.02. The zero-order valence-electron chi connectivity index (χ0n) is 8.11. The third-order valence-electron chi connectivity index (χ3n) is 4.24. The van der Waals surface area contributed by atoms with Crippen LogP contribution in [-0.2, 0) is 0 Å². The molecule has 0 aliphatic heterocycles. The highest BCUT2D eigenvalue weighted by Gasteiger charge is 2.55. The molecule has 0 saturated heterocycles. The van der Waals surface area contributed by atoms with Crippen LogP contribution in [0.25, 0.3) is 0 Å². The molecular weight excluding hydrogens is 132 g/mol. The van der Waals surface area contributed by atoms with E-state index in [4.69, 9.17) is 0 Å². The van der Waals surface area contributed by atoms with E-state index in [2.05, 4.69) is 20.8 Å². The predicted octanol–water partition coefficient (Wildman–Crippen LogP) is 3.61. The first-order chi connectivity index (χ1) is 5.06. The van der Waals surface area contributed by atoms with Crippen molar-refractivity contribution in [1.29, 1.82) is 0 Å². The van der Waals surface area contributed by atoms with Crippen molar-refractivity contribution in [3.8, 4) is 0 Å². The van der Waals surface area contributed by atoms with E-state index in [9.17, 15) is 0 Å². The molecule has 3 rings (SSSR count). The van der Waals surface area contributed by atoms with Crippen LogP contribution in [0.3, 0.4) is 0 Å². The predicted molar refractivity (Wildman–Crippen MR) is 48.5 cm³/mol. The molecule has 3 aliphatic rings. The zero-order chi connectivity index (χ0) is 8.11. The third kappa shape index (κ3) is 0.947. The second-order valence-electron chi connectivity index (χ2n) is 5.53. The molecule has 0 spiro atoms. The average molecular weight is 152 g/mol. The lowest BCUT2D eigenvalue weighted by molar-refractivity contribution is -0.111. The lowest BCUT2D eigenvalue weighted by Crippen LogP contribution is -2.51. The molecule has 2 bridgehead atoms. The van der Waals surface area contributed by atoms with Crippen LogP contribution in [0.1, 0.15) is 52.9 Å². The summed E-state index contributed by atoms with van der Waals surface area (Å²) in [7, 11) is 0. The first kappa shape index (κ1) is 7.64. The topological polar surface area (TPSA) is 0 Å². The molecule has 0 aromatic carbocycles. The zero-order valence-corrected chi connectivity index (χ0v) is 8.11. The Labute approximate surface area is 70.4 Å². The molecule has 3 fully saturated rings. The molecule has 0 unspecified atom stereocenters. The van der Waals surface area contributed by atoms with Crippen molar-refractivity contribution < 1.29 is 0 Å². The minimum Gasteiger partial charge on any atom is -0.0622 e. The fourth-order valence-electron chi connectivity index (χ4n) is 3.57. The highest BCUT2D eigenvalue weighted by atomic mass is 14.6. The molecule has 0 heteroatoms. The smallest absolute Gasteiger partial charge is 0.0264 e. The minimum absolute atomic E-state index is 0.766. The van der Waals surface area contributed by atoms with Crippen molar-refractivity contribution >= 4 is 0 Å². The summed E-state index contributed by atoms with van der Waals surface area (Å²) in [5, 5.41) is 0. The Morgan fingerprint density at radius 2 is 1.73 bits per heavy atom. The van der Waals surface area contributed by atoms with Crippen LogP contribution in [0.4, 0.5) is 0 Å². The van der Waals surface area contributed by atoms with Gasteiger partial charge in [-0.3, -0.25) is 0 Å². The molecule has 3 saturated carbocycles. The van der Waals surface area contributed by atoms with E-state index in [0.717, 1.165) is 16.7 Å². The molecule has 0 aromatic rings. The summed E-state index contributed by atoms with van der Waals surface area (Å²) in [6.45, 7) is 7.29. The Kier molecular flexibility index (Phi) is 1.41. The Morgan fingerprint density at radius 3 is 2.09 bits per heavy atom. The summed E-state index contributed by atoms with van der Waals surface area (Å²) in [6, 6.07) is 0. The highest BCUT2D eigenvalue weighted by molar-refractivity contribution is 5.05. The van der Waals surface area contributed by atoms with Gasteiger partial charge in [0.05, 0.1) is 0 Å². The van der Waals surface area contributed by atoms with Gasteiger partial charge in [0.15, 0.2) is 0 Å². The summed E-state index contributed by atoms with van der Waals surface area (Å²) in [6.07, 6.45) is 7.56. The molecule has 0 N–H and O–H groups in total. The largest absolute Gasteiger partial charge is 0.0622 e. The van der Waals surface area contributed by atoms with Crippen LogP contribution in [0, 0.1) is 16.7 Å². The Morgan fingerprint density at radius 1 is 1.09 bits per heavy atom. The highest BCUT2D eigenvalue weighted by Crippen LogP contribution is 2.66. The molecule has 0 heterocycles. The third-order valence-corrected chi connectivity index (χ3v) is 4.24. The van der Waals surface area contributed by atoms with Gasteiger partial charge in [-0.15, -0.1) is 0 Å². The van der Waals surface area contributed by atoms with Gasteiger partial charge in [-0.05, 0) is 42.4 Å². The van der Waals surface area contributed by atoms with E-state index in [1.165, 1.54) is 32.1 Å². The standard InChI is InChI=1S/C11H20/c1-9(2)11-6-4-5-10(3,7-11)8-11/h9H,4-8H2,1-3H3. The summed E-state index contributed by atoms with van der Waals surface area (Å²) >= 11 is 0. The Hall–Kier alpha value is 0. The van der Waals surface area contributed by atoms with Crippen LogP contribution in [0.5, 0.6) is 0 Å². The van der Waals surface area contributed by atoms with Crippen molar-refractivity contribution in [3.63, 3.8) is 0 Å². The maximum absolute atomic E-state index is 2.48. The van der Waals surface area contributed by atoms with Crippen molar-refractivity contribution in [1.82, 2.24) is 0 Å². The number of rotatable bonds is 1. The summed E-state index contributed by atoms with van der Waals surface area (Å²) < 4.78 is 0. The lowest BCUT2D eigenvalue weighted by Gasteiger charge is -2.62. The number of fused-ring (bicyclic) bond motifs is 2. The van der Waals surface area contributed by atoms with Gasteiger partial charge in [0, 0.05) is 0 Å². The number of hydrogen-bond acceptors (Lipinski definition) is 0. The van der Waals surface area contributed by atoms with Gasteiger partial charge in [0.2, 0.25) is 0 Å². The first-order valence-corrected chi connectivity index (χ1v) is 5.06. The van der Waals surface area contributed by atoms with Gasteiger partial charge in [-0.2, -0.15) is 0 Å². The quantitative estimate of drug-likeness (QED) is 0.538. The molecule has 0 aromatic heterocycles. The molecule has 0 amide bonds. The van der Waals surface area contributed by atoms with E-state index in [1.54, 1.807) is 0 Å². The van der Waals surface area contributed by atoms with Gasteiger partial charge in [0.1, 0.15) is 0 Å². The van der Waals surface area contributed by atoms with Crippen LogP contribution in [-0.4, -0.2) is 0 Å². The van der Waals surface area contributed by atoms with Crippen molar-refractivity contribution in [2.75, 3.05) is 0 Å². The molecular formula is C11H20. The maximum atomic E-state index is 2.48. The van der Waals surface area contributed by atoms with Crippen LogP contribution >= 0.6 is 0 Å². The lowest BCUT2D eigenvalue weighted by atomic mass is 9.43. The fraction of sp³-hybridized carbons (Fsp3) is 1.00. The Balaban J connectivity index is 2.10. The molecule has 11 heavy (non-hydrogen) atoms. The normalized spacial score (nSPS) is 49.1. The Bertz CT molecular complexity index is 161. The molecule has 0 nitrogen and oxygen atoms in total. The van der Waals surface area contributed by atoms with Crippen LogP contribution in [0.2, 0.25) is 0 Å². The fourth-order valence-corrected chi connectivity index (χ4v) is 3.57. The van der Waals surface area contributed by atoms with Crippen molar-refractivity contribution in [3.05, 3.63) is 0 Å². The van der Waals surface area contributed by atoms with Crippen LogP contribution in [0.15, 0.2) is 0 Å². The molecule has 3 aliphatic carbocycles. The summed E-state index contributed by atoms with van der Waals surface area (Å²) in [4.78, 5) is 0. The maximum Gasteiger partial charge on any atom is -0.0264 e. The number of hydrogen-bond donors (Lipinski definition) is 0. The minimum atomic E-state index is 0.766. The summed E-state index contributed by atoms with van der Waals surface area (Å²) in [5.74, 6) is 0.927. The second-order valence-corrected chi connectivity index (χ2v) is 5.53. The molecule has 64 valence electrons. The van der Waals surface area contributed by atoms with E-state index < -0.39 is 0 Å². The SMILES string of the molecule is CC(C)C12CCCC(C)(C1)C2. The monoisotopic (exact) mass is 152 g/mol. The summed E-state index contributed by atoms with van der Waals surface area (Å²) in [5.41, 5.74) is 1.55. The van der Waals surface area contributed by atoms with Gasteiger partial charge >= 0.3 is 0 Å².